The number of carbonyl (C=O) groups excluding carboxylic acids is 1. The lowest BCUT2D eigenvalue weighted by Gasteiger charge is -2.08. The van der Waals surface area contributed by atoms with Gasteiger partial charge in [-0.25, -0.2) is 0 Å². The van der Waals surface area contributed by atoms with Gasteiger partial charge in [-0.3, -0.25) is 4.79 Å². The van der Waals surface area contributed by atoms with Crippen LogP contribution in [0.25, 0.3) is 11.6 Å². The molecule has 0 radical (unpaired) electrons. The summed E-state index contributed by atoms with van der Waals surface area (Å²) in [7, 11) is 0. The Morgan fingerprint density at radius 1 is 0.793 bits per heavy atom. The molecule has 0 saturated heterocycles. The molecule has 0 aromatic heterocycles. The number of benzene rings is 3. The summed E-state index contributed by atoms with van der Waals surface area (Å²) in [5.74, 6) is 1.34. The minimum absolute atomic E-state index is 0.137. The molecule has 1 aliphatic rings. The molecule has 0 bridgehead atoms. The van der Waals surface area contributed by atoms with Gasteiger partial charge in [-0.2, -0.15) is 0 Å². The van der Waals surface area contributed by atoms with E-state index in [1.54, 1.807) is 24.3 Å². The van der Waals surface area contributed by atoms with Crippen LogP contribution >= 0.6 is 23.2 Å². The van der Waals surface area contributed by atoms with Crippen molar-refractivity contribution in [2.45, 2.75) is 0 Å². The Bertz CT molecular complexity index is 1060. The van der Waals surface area contributed by atoms with Crippen molar-refractivity contribution in [3.63, 3.8) is 0 Å². The van der Waals surface area contributed by atoms with Crippen LogP contribution in [0.3, 0.4) is 0 Å². The second-order valence-electron chi connectivity index (χ2n) is 6.42. The first-order valence-corrected chi connectivity index (χ1v) is 9.78. The third kappa shape index (κ3) is 4.73. The monoisotopic (exact) mass is 425 g/mol. The first-order chi connectivity index (χ1) is 14.1. The van der Waals surface area contributed by atoms with E-state index in [0.29, 0.717) is 28.8 Å². The van der Waals surface area contributed by atoms with Gasteiger partial charge in [-0.05, 0) is 60.2 Å². The number of hydrogen-bond donors (Lipinski definition) is 1. The second-order valence-corrected chi connectivity index (χ2v) is 7.29. The predicted octanol–water partition coefficient (Wildman–Crippen LogP) is 5.94. The van der Waals surface area contributed by atoms with Gasteiger partial charge in [0.15, 0.2) is 0 Å². The van der Waals surface area contributed by atoms with Crippen LogP contribution in [0.5, 0.6) is 11.5 Å². The molecule has 146 valence electrons. The first-order valence-electron chi connectivity index (χ1n) is 9.03. The zero-order valence-electron chi connectivity index (χ0n) is 15.3. The van der Waals surface area contributed by atoms with E-state index in [9.17, 15) is 4.79 Å². The standard InChI is InChI=1S/C23H17Cl2NO3/c24-16-3-8-19(9-4-16)29-12-11-28-18-6-1-15(2-7-18)13-21-20-10-5-17(25)14-22(20)26-23(21)27/h1-10,13-14H,11-12H2,(H,26,27)/b21-13+. The fourth-order valence-corrected chi connectivity index (χ4v) is 3.28. The number of amides is 1. The summed E-state index contributed by atoms with van der Waals surface area (Å²) in [6.45, 7) is 0.840. The smallest absolute Gasteiger partial charge is 0.256 e. The molecule has 0 saturated carbocycles. The van der Waals surface area contributed by atoms with E-state index in [0.717, 1.165) is 28.3 Å². The normalized spacial score (nSPS) is 13.9. The SMILES string of the molecule is O=C1Nc2cc(Cl)ccc2/C1=C\c1ccc(OCCOc2ccc(Cl)cc2)cc1. The number of halogens is 2. The van der Waals surface area contributed by atoms with Gasteiger partial charge in [0.1, 0.15) is 24.7 Å². The van der Waals surface area contributed by atoms with Crippen LogP contribution < -0.4 is 14.8 Å². The molecule has 3 aromatic carbocycles. The summed E-state index contributed by atoms with van der Waals surface area (Å²) < 4.78 is 11.3. The Kier molecular flexibility index (Phi) is 5.74. The summed E-state index contributed by atoms with van der Waals surface area (Å²) in [5, 5.41) is 4.10. The second kappa shape index (κ2) is 8.60. The molecule has 1 amide bonds. The minimum Gasteiger partial charge on any atom is -0.490 e. The Morgan fingerprint density at radius 2 is 1.38 bits per heavy atom. The van der Waals surface area contributed by atoms with Crippen molar-refractivity contribution in [2.24, 2.45) is 0 Å². The van der Waals surface area contributed by atoms with Gasteiger partial charge < -0.3 is 14.8 Å². The summed E-state index contributed by atoms with van der Waals surface area (Å²) in [6, 6.07) is 20.1. The lowest BCUT2D eigenvalue weighted by molar-refractivity contribution is -0.110. The van der Waals surface area contributed by atoms with Gasteiger partial charge in [0.25, 0.3) is 5.91 Å². The van der Waals surface area contributed by atoms with Gasteiger partial charge in [-0.1, -0.05) is 41.4 Å². The number of fused-ring (bicyclic) bond motifs is 1. The molecular formula is C23H17Cl2NO3. The first kappa shape index (κ1) is 19.4. The highest BCUT2D eigenvalue weighted by Crippen LogP contribution is 2.35. The van der Waals surface area contributed by atoms with E-state index in [2.05, 4.69) is 5.32 Å². The fourth-order valence-electron chi connectivity index (χ4n) is 2.99. The zero-order valence-corrected chi connectivity index (χ0v) is 16.8. The molecule has 6 heteroatoms. The van der Waals surface area contributed by atoms with Crippen LogP contribution in [0.2, 0.25) is 10.0 Å². The van der Waals surface area contributed by atoms with E-state index < -0.39 is 0 Å². The van der Waals surface area contributed by atoms with Crippen LogP contribution in [-0.2, 0) is 4.79 Å². The molecular weight excluding hydrogens is 409 g/mol. The molecule has 1 heterocycles. The van der Waals surface area contributed by atoms with Gasteiger partial charge in [0.2, 0.25) is 0 Å². The maximum atomic E-state index is 12.3. The summed E-state index contributed by atoms with van der Waals surface area (Å²) in [6.07, 6.45) is 1.85. The van der Waals surface area contributed by atoms with E-state index in [1.807, 2.05) is 48.5 Å². The minimum atomic E-state index is -0.137. The maximum Gasteiger partial charge on any atom is 0.256 e. The van der Waals surface area contributed by atoms with Gasteiger partial charge in [-0.15, -0.1) is 0 Å². The lowest BCUT2D eigenvalue weighted by atomic mass is 10.0. The molecule has 1 N–H and O–H groups in total. The third-order valence-corrected chi connectivity index (χ3v) is 4.88. The van der Waals surface area contributed by atoms with E-state index in [-0.39, 0.29) is 5.91 Å². The van der Waals surface area contributed by atoms with Crippen LogP contribution in [0, 0.1) is 0 Å². The number of anilines is 1. The largest absolute Gasteiger partial charge is 0.490 e. The van der Waals surface area contributed by atoms with Crippen LogP contribution in [0.1, 0.15) is 11.1 Å². The summed E-state index contributed by atoms with van der Waals surface area (Å²) in [4.78, 5) is 12.3. The molecule has 0 unspecified atom stereocenters. The topological polar surface area (TPSA) is 47.6 Å². The zero-order chi connectivity index (χ0) is 20.2. The van der Waals surface area contributed by atoms with Gasteiger partial charge in [0, 0.05) is 21.2 Å². The van der Waals surface area contributed by atoms with Crippen molar-refractivity contribution >= 4 is 46.4 Å². The van der Waals surface area contributed by atoms with Gasteiger partial charge >= 0.3 is 0 Å². The Morgan fingerprint density at radius 3 is 2.03 bits per heavy atom. The quantitative estimate of drug-likeness (QED) is 0.392. The van der Waals surface area contributed by atoms with E-state index in [1.165, 1.54) is 0 Å². The highest BCUT2D eigenvalue weighted by Gasteiger charge is 2.23. The van der Waals surface area contributed by atoms with Crippen molar-refractivity contribution in [1.29, 1.82) is 0 Å². The third-order valence-electron chi connectivity index (χ3n) is 4.39. The molecule has 0 spiro atoms. The molecule has 4 nitrogen and oxygen atoms in total. The molecule has 0 aliphatic carbocycles. The molecule has 0 fully saturated rings. The molecule has 3 aromatic rings. The molecule has 1 aliphatic heterocycles. The van der Waals surface area contributed by atoms with Crippen molar-refractivity contribution < 1.29 is 14.3 Å². The van der Waals surface area contributed by atoms with Crippen molar-refractivity contribution in [3.05, 3.63) is 87.9 Å². The number of rotatable bonds is 6. The van der Waals surface area contributed by atoms with Crippen molar-refractivity contribution in [3.8, 4) is 11.5 Å². The van der Waals surface area contributed by atoms with E-state index in [4.69, 9.17) is 32.7 Å². The number of hydrogen-bond acceptors (Lipinski definition) is 3. The number of nitrogens with one attached hydrogen (secondary N) is 1. The predicted molar refractivity (Wildman–Crippen MR) is 117 cm³/mol. The van der Waals surface area contributed by atoms with Crippen LogP contribution in [0.15, 0.2) is 66.7 Å². The average molecular weight is 426 g/mol. The highest BCUT2D eigenvalue weighted by atomic mass is 35.5. The molecule has 4 rings (SSSR count). The Balaban J connectivity index is 1.35. The van der Waals surface area contributed by atoms with E-state index >= 15 is 0 Å². The highest BCUT2D eigenvalue weighted by molar-refractivity contribution is 6.36. The average Bonchev–Trinajstić information content (AvgIpc) is 3.02. The number of carbonyl (C=O) groups is 1. The Labute approximate surface area is 178 Å². The molecule has 0 atom stereocenters. The van der Waals surface area contributed by atoms with Gasteiger partial charge in [0.05, 0.1) is 5.69 Å². The molecule has 29 heavy (non-hydrogen) atoms. The van der Waals surface area contributed by atoms with Crippen LogP contribution in [0.4, 0.5) is 5.69 Å². The van der Waals surface area contributed by atoms with Crippen molar-refractivity contribution in [2.75, 3.05) is 18.5 Å². The number of ether oxygens (including phenoxy) is 2. The summed E-state index contributed by atoms with van der Waals surface area (Å²) in [5.41, 5.74) is 3.10. The maximum absolute atomic E-state index is 12.3. The van der Waals surface area contributed by atoms with Crippen molar-refractivity contribution in [1.82, 2.24) is 0 Å². The Hall–Kier alpha value is -2.95. The lowest BCUT2D eigenvalue weighted by Crippen LogP contribution is -2.08. The summed E-state index contributed by atoms with van der Waals surface area (Å²) >= 11 is 11.8. The van der Waals surface area contributed by atoms with Crippen LogP contribution in [-0.4, -0.2) is 19.1 Å². The fraction of sp³-hybridized carbons (Fsp3) is 0.0870.